The molecule has 21 heavy (non-hydrogen) atoms. The molecule has 0 fully saturated rings. The summed E-state index contributed by atoms with van der Waals surface area (Å²) in [6, 6.07) is 21.2. The first kappa shape index (κ1) is 13.7. The Labute approximate surface area is 128 Å². The van der Waals surface area contributed by atoms with Gasteiger partial charge in [-0.25, -0.2) is 0 Å². The normalized spacial score (nSPS) is 10.5. The lowest BCUT2D eigenvalue weighted by molar-refractivity contribution is 0.0951. The van der Waals surface area contributed by atoms with Crippen molar-refractivity contribution in [1.29, 1.82) is 0 Å². The number of carbonyl (C=O) groups is 1. The largest absolute Gasteiger partial charge is 0.348 e. The molecule has 3 aromatic carbocycles. The summed E-state index contributed by atoms with van der Waals surface area (Å²) >= 11 is 5.90. The van der Waals surface area contributed by atoms with Gasteiger partial charge in [0.1, 0.15) is 0 Å². The minimum absolute atomic E-state index is 0.120. The molecule has 0 unspecified atom stereocenters. The monoisotopic (exact) mass is 295 g/mol. The first-order valence-electron chi connectivity index (χ1n) is 6.74. The Hall–Kier alpha value is -2.32. The molecular formula is C18H14ClNO. The third kappa shape index (κ3) is 3.06. The summed E-state index contributed by atoms with van der Waals surface area (Å²) in [5.74, 6) is -0.120. The molecule has 0 atom stereocenters. The zero-order valence-corrected chi connectivity index (χ0v) is 12.1. The van der Waals surface area contributed by atoms with Gasteiger partial charge in [-0.05, 0) is 34.5 Å². The van der Waals surface area contributed by atoms with Crippen LogP contribution in [0.25, 0.3) is 10.8 Å². The fourth-order valence-corrected chi connectivity index (χ4v) is 2.54. The second-order valence-electron chi connectivity index (χ2n) is 4.83. The number of rotatable bonds is 3. The van der Waals surface area contributed by atoms with Crippen LogP contribution in [0.15, 0.2) is 66.7 Å². The van der Waals surface area contributed by atoms with E-state index in [9.17, 15) is 4.79 Å². The van der Waals surface area contributed by atoms with Gasteiger partial charge in [0.2, 0.25) is 0 Å². The molecule has 0 aromatic heterocycles. The fourth-order valence-electron chi connectivity index (χ4n) is 2.35. The van der Waals surface area contributed by atoms with E-state index >= 15 is 0 Å². The van der Waals surface area contributed by atoms with Gasteiger partial charge in [0.25, 0.3) is 5.91 Å². The molecule has 0 radical (unpaired) electrons. The molecule has 0 saturated carbocycles. The lowest BCUT2D eigenvalue weighted by atomic mass is 10.0. The molecule has 0 aliphatic rings. The second-order valence-corrected chi connectivity index (χ2v) is 5.27. The minimum Gasteiger partial charge on any atom is -0.348 e. The van der Waals surface area contributed by atoms with E-state index in [1.807, 2.05) is 24.3 Å². The van der Waals surface area contributed by atoms with Gasteiger partial charge in [0, 0.05) is 17.1 Å². The van der Waals surface area contributed by atoms with Crippen LogP contribution in [0.5, 0.6) is 0 Å². The number of fused-ring (bicyclic) bond motifs is 1. The highest BCUT2D eigenvalue weighted by Gasteiger charge is 2.06. The molecule has 0 aliphatic carbocycles. The maximum atomic E-state index is 12.1. The van der Waals surface area contributed by atoms with E-state index in [1.54, 1.807) is 24.3 Å². The van der Waals surface area contributed by atoms with Crippen LogP contribution in [0.1, 0.15) is 15.9 Å². The second kappa shape index (κ2) is 5.98. The Morgan fingerprint density at radius 1 is 0.952 bits per heavy atom. The molecule has 0 aliphatic heterocycles. The van der Waals surface area contributed by atoms with E-state index in [1.165, 1.54) is 5.39 Å². The Kier molecular flexibility index (Phi) is 3.89. The van der Waals surface area contributed by atoms with Crippen molar-refractivity contribution in [2.24, 2.45) is 0 Å². The highest BCUT2D eigenvalue weighted by molar-refractivity contribution is 6.30. The zero-order chi connectivity index (χ0) is 14.7. The zero-order valence-electron chi connectivity index (χ0n) is 11.3. The van der Waals surface area contributed by atoms with Crippen LogP contribution >= 0.6 is 11.6 Å². The van der Waals surface area contributed by atoms with Gasteiger partial charge in [-0.15, -0.1) is 0 Å². The highest BCUT2D eigenvalue weighted by atomic mass is 35.5. The van der Waals surface area contributed by atoms with Gasteiger partial charge >= 0.3 is 0 Å². The van der Waals surface area contributed by atoms with Crippen molar-refractivity contribution in [2.75, 3.05) is 0 Å². The molecule has 3 heteroatoms. The summed E-state index contributed by atoms with van der Waals surface area (Å²) in [6.45, 7) is 0.493. The van der Waals surface area contributed by atoms with E-state index in [0.717, 1.165) is 10.9 Å². The predicted molar refractivity (Wildman–Crippen MR) is 86.6 cm³/mol. The van der Waals surface area contributed by atoms with Gasteiger partial charge in [-0.1, -0.05) is 60.1 Å². The Morgan fingerprint density at radius 3 is 2.57 bits per heavy atom. The van der Waals surface area contributed by atoms with Crippen LogP contribution in [0.2, 0.25) is 5.02 Å². The van der Waals surface area contributed by atoms with Crippen LogP contribution in [-0.4, -0.2) is 5.91 Å². The first-order valence-corrected chi connectivity index (χ1v) is 7.12. The van der Waals surface area contributed by atoms with Crippen LogP contribution in [-0.2, 0) is 6.54 Å². The van der Waals surface area contributed by atoms with E-state index in [0.29, 0.717) is 17.1 Å². The predicted octanol–water partition coefficient (Wildman–Crippen LogP) is 4.42. The summed E-state index contributed by atoms with van der Waals surface area (Å²) in [7, 11) is 0. The Bertz CT molecular complexity index is 793. The van der Waals surface area contributed by atoms with Crippen molar-refractivity contribution in [3.63, 3.8) is 0 Å². The molecule has 0 bridgehead atoms. The van der Waals surface area contributed by atoms with Crippen molar-refractivity contribution < 1.29 is 4.79 Å². The van der Waals surface area contributed by atoms with Gasteiger partial charge in [0.15, 0.2) is 0 Å². The highest BCUT2D eigenvalue weighted by Crippen LogP contribution is 2.18. The van der Waals surface area contributed by atoms with Gasteiger partial charge in [0.05, 0.1) is 0 Å². The number of hydrogen-bond donors (Lipinski definition) is 1. The quantitative estimate of drug-likeness (QED) is 0.761. The molecule has 1 N–H and O–H groups in total. The van der Waals surface area contributed by atoms with Crippen molar-refractivity contribution in [3.05, 3.63) is 82.9 Å². The Balaban J connectivity index is 1.79. The van der Waals surface area contributed by atoms with Crippen molar-refractivity contribution >= 4 is 28.3 Å². The molecule has 3 aromatic rings. The number of nitrogens with one attached hydrogen (secondary N) is 1. The number of benzene rings is 3. The minimum atomic E-state index is -0.120. The molecule has 0 heterocycles. The van der Waals surface area contributed by atoms with Crippen molar-refractivity contribution in [2.45, 2.75) is 6.54 Å². The lowest BCUT2D eigenvalue weighted by Gasteiger charge is -2.08. The van der Waals surface area contributed by atoms with E-state index in [4.69, 9.17) is 11.6 Å². The average molecular weight is 296 g/mol. The smallest absolute Gasteiger partial charge is 0.251 e. The molecule has 0 spiro atoms. The van der Waals surface area contributed by atoms with Gasteiger partial charge in [-0.3, -0.25) is 4.79 Å². The third-order valence-corrected chi connectivity index (χ3v) is 3.64. The summed E-state index contributed by atoms with van der Waals surface area (Å²) in [5, 5.41) is 5.83. The average Bonchev–Trinajstić information content (AvgIpc) is 2.52. The van der Waals surface area contributed by atoms with Crippen LogP contribution in [0.4, 0.5) is 0 Å². The molecule has 3 rings (SSSR count). The first-order chi connectivity index (χ1) is 10.2. The lowest BCUT2D eigenvalue weighted by Crippen LogP contribution is -2.22. The summed E-state index contributed by atoms with van der Waals surface area (Å²) < 4.78 is 0. The molecule has 0 saturated heterocycles. The topological polar surface area (TPSA) is 29.1 Å². The maximum absolute atomic E-state index is 12.1. The van der Waals surface area contributed by atoms with Crippen molar-refractivity contribution in [1.82, 2.24) is 5.32 Å². The molecule has 2 nitrogen and oxygen atoms in total. The molecule has 104 valence electrons. The van der Waals surface area contributed by atoms with Gasteiger partial charge in [-0.2, -0.15) is 0 Å². The maximum Gasteiger partial charge on any atom is 0.251 e. The molecule has 1 amide bonds. The van der Waals surface area contributed by atoms with E-state index in [-0.39, 0.29) is 5.91 Å². The Morgan fingerprint density at radius 2 is 1.71 bits per heavy atom. The summed E-state index contributed by atoms with van der Waals surface area (Å²) in [5.41, 5.74) is 1.67. The SMILES string of the molecule is O=C(NCc1cccc2ccccc12)c1cccc(Cl)c1. The standard InChI is InChI=1S/C18H14ClNO/c19-16-9-4-7-14(11-16)18(21)20-12-15-8-3-6-13-5-1-2-10-17(13)15/h1-11H,12H2,(H,20,21). The van der Waals surface area contributed by atoms with E-state index in [2.05, 4.69) is 23.5 Å². The van der Waals surface area contributed by atoms with E-state index < -0.39 is 0 Å². The van der Waals surface area contributed by atoms with Crippen LogP contribution < -0.4 is 5.32 Å². The third-order valence-electron chi connectivity index (χ3n) is 3.41. The van der Waals surface area contributed by atoms with Gasteiger partial charge < -0.3 is 5.32 Å². The molecular weight excluding hydrogens is 282 g/mol. The number of amides is 1. The van der Waals surface area contributed by atoms with Crippen molar-refractivity contribution in [3.8, 4) is 0 Å². The fraction of sp³-hybridized carbons (Fsp3) is 0.0556. The number of halogens is 1. The van der Waals surface area contributed by atoms with Crippen LogP contribution in [0, 0.1) is 0 Å². The van der Waals surface area contributed by atoms with Crippen LogP contribution in [0.3, 0.4) is 0 Å². The number of hydrogen-bond acceptors (Lipinski definition) is 1. The number of carbonyl (C=O) groups excluding carboxylic acids is 1. The summed E-state index contributed by atoms with van der Waals surface area (Å²) in [4.78, 5) is 12.1. The summed E-state index contributed by atoms with van der Waals surface area (Å²) in [6.07, 6.45) is 0.